The Labute approximate surface area is 177 Å². The molecular weight excluding hydrogens is 394 g/mol. The highest BCUT2D eigenvalue weighted by atomic mass is 32.1. The fourth-order valence-electron chi connectivity index (χ4n) is 4.01. The van der Waals surface area contributed by atoms with Crippen LogP contribution < -0.4 is 5.32 Å². The van der Waals surface area contributed by atoms with Crippen molar-refractivity contribution < 1.29 is 4.79 Å². The molecule has 3 heterocycles. The molecule has 1 N–H and O–H groups in total. The standard InChI is InChI=1S/C23H19N5OS/c1-28-13-14(12-25-28)20-10-17(15-6-2-4-8-19(15)26-20)22(29)27-23-18(11-24)16-7-3-5-9-21(16)30-23/h2,4,6,8,10,12-13H,3,5,7,9H2,1H3,(H,27,29). The van der Waals surface area contributed by atoms with E-state index in [4.69, 9.17) is 4.98 Å². The van der Waals surface area contributed by atoms with E-state index in [1.165, 1.54) is 16.2 Å². The number of fused-ring (bicyclic) bond motifs is 2. The zero-order chi connectivity index (χ0) is 20.7. The summed E-state index contributed by atoms with van der Waals surface area (Å²) in [6.45, 7) is 0. The molecule has 30 heavy (non-hydrogen) atoms. The van der Waals surface area contributed by atoms with Crippen molar-refractivity contribution in [1.82, 2.24) is 14.8 Å². The monoisotopic (exact) mass is 413 g/mol. The molecule has 0 bridgehead atoms. The Morgan fingerprint density at radius 3 is 2.90 bits per heavy atom. The highest BCUT2D eigenvalue weighted by Crippen LogP contribution is 2.38. The predicted octanol–water partition coefficient (Wildman–Crippen LogP) is 4.70. The molecule has 1 aliphatic rings. The number of anilines is 1. The number of carbonyl (C=O) groups is 1. The third-order valence-corrected chi connectivity index (χ3v) is 6.68. The van der Waals surface area contributed by atoms with Crippen LogP contribution in [0.5, 0.6) is 0 Å². The van der Waals surface area contributed by atoms with Crippen LogP contribution in [0.3, 0.4) is 0 Å². The summed E-state index contributed by atoms with van der Waals surface area (Å²) in [6, 6.07) is 11.7. The molecule has 4 aromatic rings. The van der Waals surface area contributed by atoms with Gasteiger partial charge < -0.3 is 5.32 Å². The van der Waals surface area contributed by atoms with Gasteiger partial charge in [-0.2, -0.15) is 10.4 Å². The van der Waals surface area contributed by atoms with Crippen LogP contribution in [0.25, 0.3) is 22.2 Å². The maximum absolute atomic E-state index is 13.3. The minimum atomic E-state index is -0.228. The van der Waals surface area contributed by atoms with Crippen molar-refractivity contribution in [3.05, 3.63) is 64.3 Å². The normalized spacial score (nSPS) is 13.1. The van der Waals surface area contributed by atoms with Crippen molar-refractivity contribution in [2.75, 3.05) is 5.32 Å². The van der Waals surface area contributed by atoms with Crippen LogP contribution in [-0.4, -0.2) is 20.7 Å². The molecule has 0 saturated heterocycles. The first-order valence-electron chi connectivity index (χ1n) is 9.89. The number of benzene rings is 1. The number of nitriles is 1. The van der Waals surface area contributed by atoms with E-state index in [1.54, 1.807) is 16.9 Å². The van der Waals surface area contributed by atoms with Gasteiger partial charge in [0, 0.05) is 29.1 Å². The van der Waals surface area contributed by atoms with Crippen LogP contribution in [-0.2, 0) is 19.9 Å². The number of rotatable bonds is 3. The number of thiophene rings is 1. The molecule has 0 spiro atoms. The van der Waals surface area contributed by atoms with Crippen molar-refractivity contribution in [3.8, 4) is 17.3 Å². The van der Waals surface area contributed by atoms with E-state index in [1.807, 2.05) is 37.5 Å². The topological polar surface area (TPSA) is 83.6 Å². The number of hydrogen-bond acceptors (Lipinski definition) is 5. The Balaban J connectivity index is 1.58. The first-order valence-corrected chi connectivity index (χ1v) is 10.7. The van der Waals surface area contributed by atoms with Gasteiger partial charge in [0.25, 0.3) is 5.91 Å². The molecule has 1 aromatic carbocycles. The molecule has 148 valence electrons. The molecule has 0 saturated carbocycles. The van der Waals surface area contributed by atoms with E-state index in [9.17, 15) is 10.1 Å². The second-order valence-corrected chi connectivity index (χ2v) is 8.56. The van der Waals surface area contributed by atoms with E-state index in [0.29, 0.717) is 21.8 Å². The Bertz CT molecular complexity index is 1330. The summed E-state index contributed by atoms with van der Waals surface area (Å²) in [4.78, 5) is 19.3. The molecule has 0 atom stereocenters. The zero-order valence-electron chi connectivity index (χ0n) is 16.5. The van der Waals surface area contributed by atoms with E-state index in [2.05, 4.69) is 16.5 Å². The average molecular weight is 414 g/mol. The van der Waals surface area contributed by atoms with Gasteiger partial charge in [-0.3, -0.25) is 9.48 Å². The summed E-state index contributed by atoms with van der Waals surface area (Å²) in [5, 5.41) is 18.4. The van der Waals surface area contributed by atoms with Crippen LogP contribution in [0, 0.1) is 11.3 Å². The van der Waals surface area contributed by atoms with Crippen LogP contribution in [0.1, 0.15) is 39.2 Å². The lowest BCUT2D eigenvalue weighted by Crippen LogP contribution is -2.13. The molecule has 0 aliphatic heterocycles. The molecule has 0 fully saturated rings. The fraction of sp³-hybridized carbons (Fsp3) is 0.217. The Kier molecular flexibility index (Phi) is 4.57. The Hall–Kier alpha value is -3.50. The molecule has 6 nitrogen and oxygen atoms in total. The van der Waals surface area contributed by atoms with Crippen molar-refractivity contribution >= 4 is 33.1 Å². The van der Waals surface area contributed by atoms with Gasteiger partial charge >= 0.3 is 0 Å². The Morgan fingerprint density at radius 2 is 2.10 bits per heavy atom. The third-order valence-electron chi connectivity index (χ3n) is 5.47. The molecule has 1 aliphatic carbocycles. The maximum Gasteiger partial charge on any atom is 0.257 e. The Morgan fingerprint density at radius 1 is 1.27 bits per heavy atom. The molecule has 5 rings (SSSR count). The largest absolute Gasteiger partial charge is 0.312 e. The van der Waals surface area contributed by atoms with Crippen LogP contribution in [0.4, 0.5) is 5.00 Å². The van der Waals surface area contributed by atoms with Gasteiger partial charge in [-0.25, -0.2) is 4.98 Å². The number of para-hydroxylation sites is 1. The van der Waals surface area contributed by atoms with E-state index in [-0.39, 0.29) is 5.91 Å². The van der Waals surface area contributed by atoms with Crippen molar-refractivity contribution in [3.63, 3.8) is 0 Å². The number of aryl methyl sites for hydroxylation is 2. The summed E-state index contributed by atoms with van der Waals surface area (Å²) in [5.74, 6) is -0.228. The van der Waals surface area contributed by atoms with Gasteiger partial charge in [-0.1, -0.05) is 18.2 Å². The SMILES string of the molecule is Cn1cc(-c2cc(C(=O)Nc3sc4c(c3C#N)CCCC4)c3ccccc3n2)cn1. The maximum atomic E-state index is 13.3. The molecular formula is C23H19N5OS. The minimum absolute atomic E-state index is 0.228. The van der Waals surface area contributed by atoms with E-state index in [0.717, 1.165) is 47.7 Å². The van der Waals surface area contributed by atoms with Gasteiger partial charge in [-0.05, 0) is 43.4 Å². The minimum Gasteiger partial charge on any atom is -0.312 e. The molecule has 7 heteroatoms. The quantitative estimate of drug-likeness (QED) is 0.528. The number of nitrogens with one attached hydrogen (secondary N) is 1. The van der Waals surface area contributed by atoms with Gasteiger partial charge in [0.05, 0.1) is 28.5 Å². The third kappa shape index (κ3) is 3.15. The van der Waals surface area contributed by atoms with Crippen LogP contribution in [0.15, 0.2) is 42.7 Å². The van der Waals surface area contributed by atoms with E-state index >= 15 is 0 Å². The predicted molar refractivity (Wildman–Crippen MR) is 118 cm³/mol. The zero-order valence-corrected chi connectivity index (χ0v) is 17.3. The lowest BCUT2D eigenvalue weighted by atomic mass is 9.96. The van der Waals surface area contributed by atoms with Crippen LogP contribution >= 0.6 is 11.3 Å². The van der Waals surface area contributed by atoms with Crippen molar-refractivity contribution in [2.45, 2.75) is 25.7 Å². The van der Waals surface area contributed by atoms with Gasteiger partial charge in [0.2, 0.25) is 0 Å². The lowest BCUT2D eigenvalue weighted by molar-refractivity contribution is 0.102. The summed E-state index contributed by atoms with van der Waals surface area (Å²) >= 11 is 1.54. The smallest absolute Gasteiger partial charge is 0.257 e. The van der Waals surface area contributed by atoms with Gasteiger partial charge in [0.15, 0.2) is 0 Å². The summed E-state index contributed by atoms with van der Waals surface area (Å²) in [6.07, 6.45) is 7.73. The number of amides is 1. The highest BCUT2D eigenvalue weighted by Gasteiger charge is 2.23. The first-order chi connectivity index (χ1) is 14.6. The number of aromatic nitrogens is 3. The molecule has 0 unspecified atom stereocenters. The van der Waals surface area contributed by atoms with Crippen LogP contribution in [0.2, 0.25) is 0 Å². The number of hydrogen-bond donors (Lipinski definition) is 1. The van der Waals surface area contributed by atoms with Gasteiger partial charge in [-0.15, -0.1) is 11.3 Å². The second-order valence-electron chi connectivity index (χ2n) is 7.46. The highest BCUT2D eigenvalue weighted by molar-refractivity contribution is 7.16. The second kappa shape index (κ2) is 7.39. The summed E-state index contributed by atoms with van der Waals surface area (Å²) in [5.41, 5.74) is 4.55. The molecule has 0 radical (unpaired) electrons. The number of pyridine rings is 1. The first kappa shape index (κ1) is 18.5. The number of carbonyl (C=O) groups excluding carboxylic acids is 1. The van der Waals surface area contributed by atoms with Gasteiger partial charge in [0.1, 0.15) is 11.1 Å². The molecule has 3 aromatic heterocycles. The molecule has 1 amide bonds. The fourth-order valence-corrected chi connectivity index (χ4v) is 5.24. The van der Waals surface area contributed by atoms with E-state index < -0.39 is 0 Å². The van der Waals surface area contributed by atoms with Crippen molar-refractivity contribution in [2.24, 2.45) is 7.05 Å². The lowest BCUT2D eigenvalue weighted by Gasteiger charge is -2.10. The average Bonchev–Trinajstić information content (AvgIpc) is 3.35. The summed E-state index contributed by atoms with van der Waals surface area (Å²) in [7, 11) is 1.85. The number of nitrogens with zero attached hydrogens (tertiary/aromatic N) is 4. The summed E-state index contributed by atoms with van der Waals surface area (Å²) < 4.78 is 1.71. The van der Waals surface area contributed by atoms with Crippen molar-refractivity contribution in [1.29, 1.82) is 5.26 Å².